The van der Waals surface area contributed by atoms with Crippen LogP contribution in [0.25, 0.3) is 0 Å². The molecule has 0 amide bonds. The van der Waals surface area contributed by atoms with Crippen molar-refractivity contribution >= 4 is 5.96 Å². The fraction of sp³-hybridized carbons (Fsp3) is 0.611. The molecule has 1 aromatic rings. The molecule has 1 aromatic carbocycles. The van der Waals surface area contributed by atoms with Crippen LogP contribution in [0, 0.1) is 0 Å². The molecule has 0 aromatic heterocycles. The number of benzene rings is 1. The van der Waals surface area contributed by atoms with Crippen LogP contribution >= 0.6 is 0 Å². The second kappa shape index (κ2) is 9.40. The molecular formula is C18H32N4O. The second-order valence-corrected chi connectivity index (χ2v) is 6.56. The van der Waals surface area contributed by atoms with Crippen LogP contribution in [0.5, 0.6) is 5.75 Å². The first-order valence-electron chi connectivity index (χ1n) is 8.37. The van der Waals surface area contributed by atoms with Crippen LogP contribution in [0.2, 0.25) is 0 Å². The van der Waals surface area contributed by atoms with Crippen LogP contribution in [0.1, 0.15) is 40.2 Å². The Balaban J connectivity index is 2.61. The lowest BCUT2D eigenvalue weighted by atomic mass is 10.1. The monoisotopic (exact) mass is 320 g/mol. The minimum atomic E-state index is -0.0899. The number of aliphatic imine (C=N–C) groups is 1. The zero-order valence-electron chi connectivity index (χ0n) is 15.2. The molecule has 0 atom stereocenters. The van der Waals surface area contributed by atoms with Gasteiger partial charge in [-0.1, -0.05) is 32.0 Å². The fourth-order valence-electron chi connectivity index (χ4n) is 2.19. The van der Waals surface area contributed by atoms with E-state index >= 15 is 0 Å². The number of hydrogen-bond donors (Lipinski definition) is 2. The van der Waals surface area contributed by atoms with Crippen molar-refractivity contribution < 1.29 is 4.74 Å². The van der Waals surface area contributed by atoms with E-state index in [9.17, 15) is 0 Å². The van der Waals surface area contributed by atoms with Crippen molar-refractivity contribution in [2.45, 2.75) is 46.7 Å². The molecule has 23 heavy (non-hydrogen) atoms. The first-order valence-corrected chi connectivity index (χ1v) is 8.37. The molecule has 1 rings (SSSR count). The van der Waals surface area contributed by atoms with Crippen LogP contribution < -0.4 is 15.8 Å². The molecule has 0 aliphatic heterocycles. The molecule has 0 bridgehead atoms. The lowest BCUT2D eigenvalue weighted by molar-refractivity contribution is 0.221. The highest BCUT2D eigenvalue weighted by Gasteiger charge is 2.10. The van der Waals surface area contributed by atoms with Crippen molar-refractivity contribution in [3.8, 4) is 5.75 Å². The Kier molecular flexibility index (Phi) is 7.89. The SMILES string of the molecule is CCN(CC)CCOc1ccccc1CN=C(N)NC(C)(C)C. The van der Waals surface area contributed by atoms with Crippen molar-refractivity contribution in [3.63, 3.8) is 0 Å². The molecular weight excluding hydrogens is 288 g/mol. The molecule has 5 heteroatoms. The average molecular weight is 320 g/mol. The first kappa shape index (κ1) is 19.3. The van der Waals surface area contributed by atoms with Gasteiger partial charge in [0.1, 0.15) is 12.4 Å². The summed E-state index contributed by atoms with van der Waals surface area (Å²) < 4.78 is 5.93. The normalized spacial score (nSPS) is 12.5. The summed E-state index contributed by atoms with van der Waals surface area (Å²) in [7, 11) is 0. The molecule has 5 nitrogen and oxygen atoms in total. The number of hydrogen-bond acceptors (Lipinski definition) is 3. The molecule has 0 heterocycles. The summed E-state index contributed by atoms with van der Waals surface area (Å²) in [6.07, 6.45) is 0. The number of rotatable bonds is 8. The van der Waals surface area contributed by atoms with Crippen molar-refractivity contribution in [1.29, 1.82) is 0 Å². The Bertz CT molecular complexity index is 490. The van der Waals surface area contributed by atoms with Gasteiger partial charge in [-0.05, 0) is 39.9 Å². The van der Waals surface area contributed by atoms with Gasteiger partial charge in [0, 0.05) is 17.6 Å². The molecule has 0 radical (unpaired) electrons. The Morgan fingerprint density at radius 1 is 1.22 bits per heavy atom. The average Bonchev–Trinajstić information content (AvgIpc) is 2.49. The summed E-state index contributed by atoms with van der Waals surface area (Å²) >= 11 is 0. The minimum Gasteiger partial charge on any atom is -0.492 e. The Morgan fingerprint density at radius 3 is 2.48 bits per heavy atom. The van der Waals surface area contributed by atoms with E-state index in [-0.39, 0.29) is 5.54 Å². The number of nitrogens with one attached hydrogen (secondary N) is 1. The van der Waals surface area contributed by atoms with Gasteiger partial charge in [-0.2, -0.15) is 0 Å². The van der Waals surface area contributed by atoms with Crippen LogP contribution in [0.15, 0.2) is 29.3 Å². The molecule has 0 saturated heterocycles. The van der Waals surface area contributed by atoms with Crippen LogP contribution in [-0.2, 0) is 6.54 Å². The van der Waals surface area contributed by atoms with Gasteiger partial charge in [0.2, 0.25) is 0 Å². The third kappa shape index (κ3) is 7.88. The summed E-state index contributed by atoms with van der Waals surface area (Å²) in [5.41, 5.74) is 6.88. The van der Waals surface area contributed by atoms with E-state index in [0.29, 0.717) is 19.1 Å². The van der Waals surface area contributed by atoms with E-state index < -0.39 is 0 Å². The Morgan fingerprint density at radius 2 is 1.87 bits per heavy atom. The van der Waals surface area contributed by atoms with Gasteiger partial charge in [-0.25, -0.2) is 4.99 Å². The Labute approximate surface area is 140 Å². The summed E-state index contributed by atoms with van der Waals surface area (Å²) in [4.78, 5) is 6.75. The van der Waals surface area contributed by atoms with Crippen LogP contribution in [-0.4, -0.2) is 42.6 Å². The largest absolute Gasteiger partial charge is 0.492 e. The van der Waals surface area contributed by atoms with Crippen LogP contribution in [0.3, 0.4) is 0 Å². The molecule has 0 saturated carbocycles. The summed E-state index contributed by atoms with van der Waals surface area (Å²) in [6.45, 7) is 14.7. The fourth-order valence-corrected chi connectivity index (χ4v) is 2.19. The van der Waals surface area contributed by atoms with E-state index in [0.717, 1.165) is 30.9 Å². The molecule has 3 N–H and O–H groups in total. The summed E-state index contributed by atoms with van der Waals surface area (Å²) in [5, 5.41) is 3.16. The number of para-hydroxylation sites is 1. The molecule has 0 aliphatic rings. The highest BCUT2D eigenvalue weighted by Crippen LogP contribution is 2.18. The first-order chi connectivity index (χ1) is 10.9. The van der Waals surface area contributed by atoms with E-state index in [1.807, 2.05) is 24.3 Å². The van der Waals surface area contributed by atoms with Crippen LogP contribution in [0.4, 0.5) is 0 Å². The van der Waals surface area contributed by atoms with Gasteiger partial charge < -0.3 is 20.7 Å². The number of ether oxygens (including phenoxy) is 1. The maximum atomic E-state index is 5.93. The number of guanidine groups is 1. The van der Waals surface area contributed by atoms with E-state index in [2.05, 4.69) is 49.8 Å². The highest BCUT2D eigenvalue weighted by atomic mass is 16.5. The van der Waals surface area contributed by atoms with Crippen molar-refractivity contribution in [2.75, 3.05) is 26.2 Å². The van der Waals surface area contributed by atoms with Gasteiger partial charge in [-0.15, -0.1) is 0 Å². The highest BCUT2D eigenvalue weighted by molar-refractivity contribution is 5.78. The zero-order valence-corrected chi connectivity index (χ0v) is 15.2. The topological polar surface area (TPSA) is 62.9 Å². The maximum Gasteiger partial charge on any atom is 0.189 e. The van der Waals surface area contributed by atoms with Gasteiger partial charge in [0.25, 0.3) is 0 Å². The summed E-state index contributed by atoms with van der Waals surface area (Å²) in [6, 6.07) is 7.99. The Hall–Kier alpha value is -1.75. The molecule has 0 aliphatic carbocycles. The van der Waals surface area contributed by atoms with E-state index in [1.54, 1.807) is 0 Å². The molecule has 0 fully saturated rings. The van der Waals surface area contributed by atoms with Crippen molar-refractivity contribution in [3.05, 3.63) is 29.8 Å². The lowest BCUT2D eigenvalue weighted by Crippen LogP contribution is -2.44. The van der Waals surface area contributed by atoms with E-state index in [1.165, 1.54) is 0 Å². The van der Waals surface area contributed by atoms with Gasteiger partial charge in [0.05, 0.1) is 6.54 Å². The number of likely N-dealkylation sites (N-methyl/N-ethyl adjacent to an activating group) is 1. The van der Waals surface area contributed by atoms with Gasteiger partial charge in [-0.3, -0.25) is 0 Å². The van der Waals surface area contributed by atoms with Crippen molar-refractivity contribution in [2.24, 2.45) is 10.7 Å². The molecule has 130 valence electrons. The zero-order chi connectivity index (χ0) is 17.3. The smallest absolute Gasteiger partial charge is 0.189 e. The predicted molar refractivity (Wildman–Crippen MR) is 97.9 cm³/mol. The minimum absolute atomic E-state index is 0.0899. The lowest BCUT2D eigenvalue weighted by Gasteiger charge is -2.21. The second-order valence-electron chi connectivity index (χ2n) is 6.56. The van der Waals surface area contributed by atoms with Gasteiger partial charge >= 0.3 is 0 Å². The summed E-state index contributed by atoms with van der Waals surface area (Å²) in [5.74, 6) is 1.34. The number of nitrogens with two attached hydrogens (primary N) is 1. The molecule has 0 spiro atoms. The molecule has 0 unspecified atom stereocenters. The van der Waals surface area contributed by atoms with Gasteiger partial charge in [0.15, 0.2) is 5.96 Å². The maximum absolute atomic E-state index is 5.93. The third-order valence-corrected chi connectivity index (χ3v) is 3.45. The number of nitrogens with zero attached hydrogens (tertiary/aromatic N) is 2. The van der Waals surface area contributed by atoms with Crippen molar-refractivity contribution in [1.82, 2.24) is 10.2 Å². The standard InChI is InChI=1S/C18H32N4O/c1-6-22(7-2)12-13-23-16-11-9-8-10-15(16)14-20-17(19)21-18(3,4)5/h8-11H,6-7,12-14H2,1-5H3,(H3,19,20,21). The van der Waals surface area contributed by atoms with E-state index in [4.69, 9.17) is 10.5 Å². The third-order valence-electron chi connectivity index (χ3n) is 3.45. The predicted octanol–water partition coefficient (Wildman–Crippen LogP) is 2.61. The quantitative estimate of drug-likeness (QED) is 0.571.